The van der Waals surface area contributed by atoms with Crippen LogP contribution in [0.2, 0.25) is 0 Å². The maximum atomic E-state index is 0. The Morgan fingerprint density at radius 2 is 0.600 bits per heavy atom. The average molecular weight is 243 g/mol. The topological polar surface area (TPSA) is 85.5 Å². The van der Waals surface area contributed by atoms with Crippen molar-refractivity contribution in [2.45, 2.75) is 0 Å². The average Bonchev–Trinajstić information content (AvgIpc) is 0. The minimum absolute atomic E-state index is 0. The summed E-state index contributed by atoms with van der Waals surface area (Å²) < 4.78 is 0. The Labute approximate surface area is 68.5 Å². The molecule has 30 valence electrons. The largest absolute Gasteiger partial charge is 3.00 e. The first-order chi connectivity index (χ1) is 0. The van der Waals surface area contributed by atoms with Crippen molar-refractivity contribution in [3.8, 4) is 0 Å². The SMILES string of the molecule is [Fe+2].[La+3].[O-2].[O-2].[O-2]. The van der Waals surface area contributed by atoms with E-state index in [2.05, 4.69) is 0 Å². The second kappa shape index (κ2) is 46.5. The van der Waals surface area contributed by atoms with Gasteiger partial charge in [-0.05, 0) is 0 Å². The summed E-state index contributed by atoms with van der Waals surface area (Å²) in [7, 11) is 0. The molecule has 0 saturated heterocycles. The van der Waals surface area contributed by atoms with Crippen molar-refractivity contribution in [1.29, 1.82) is 0 Å². The molecule has 0 rings (SSSR count). The van der Waals surface area contributed by atoms with Gasteiger partial charge in [-0.25, -0.2) is 0 Å². The monoisotopic (exact) mass is 243 g/mol. The van der Waals surface area contributed by atoms with Gasteiger partial charge >= 0.3 is 52.7 Å². The maximum absolute atomic E-state index is 0. The van der Waals surface area contributed by atoms with Crippen molar-refractivity contribution >= 4 is 0 Å². The van der Waals surface area contributed by atoms with Gasteiger partial charge in [0.25, 0.3) is 0 Å². The zero-order valence-electron chi connectivity index (χ0n) is 2.16. The van der Waals surface area contributed by atoms with Crippen molar-refractivity contribution in [2.75, 3.05) is 0 Å². The fourth-order valence-electron chi connectivity index (χ4n) is 0. The van der Waals surface area contributed by atoms with Crippen LogP contribution in [0.15, 0.2) is 0 Å². The third-order valence-corrected chi connectivity index (χ3v) is 0. The van der Waals surface area contributed by atoms with E-state index in [0.717, 1.165) is 0 Å². The van der Waals surface area contributed by atoms with Crippen LogP contribution in [0, 0.1) is 35.6 Å². The molecule has 0 fully saturated rings. The van der Waals surface area contributed by atoms with E-state index in [9.17, 15) is 0 Å². The van der Waals surface area contributed by atoms with Crippen LogP contribution in [-0.2, 0) is 33.5 Å². The fourth-order valence-corrected chi connectivity index (χ4v) is 0. The van der Waals surface area contributed by atoms with E-state index in [1.54, 1.807) is 0 Å². The standard InChI is InChI=1S/Fe.La.3O/q+2;+3;3*-2. The summed E-state index contributed by atoms with van der Waals surface area (Å²) in [5, 5.41) is 0. The fraction of sp³-hybridized carbons (Fsp3) is 0. The quantitative estimate of drug-likeness (QED) is 0.520. The van der Waals surface area contributed by atoms with Gasteiger partial charge < -0.3 is 16.4 Å². The Kier molecular flexibility index (Phi) is 754. The van der Waals surface area contributed by atoms with E-state index >= 15 is 0 Å². The minimum Gasteiger partial charge on any atom is -2.00 e. The number of rotatable bonds is 0. The van der Waals surface area contributed by atoms with Gasteiger partial charge in [-0.15, -0.1) is 0 Å². The third kappa shape index (κ3) is 28.4. The van der Waals surface area contributed by atoms with Gasteiger partial charge in [-0.3, -0.25) is 0 Å². The maximum Gasteiger partial charge on any atom is 3.00 e. The molecule has 0 aromatic carbocycles. The molecule has 0 unspecified atom stereocenters. The summed E-state index contributed by atoms with van der Waals surface area (Å²) >= 11 is 0. The first-order valence-electron chi connectivity index (χ1n) is 0. The van der Waals surface area contributed by atoms with Crippen LogP contribution in [-0.4, -0.2) is 0 Å². The second-order valence-electron chi connectivity index (χ2n) is 0. The van der Waals surface area contributed by atoms with Crippen LogP contribution in [0.4, 0.5) is 0 Å². The van der Waals surface area contributed by atoms with E-state index in [0.29, 0.717) is 0 Å². The molecule has 0 atom stereocenters. The summed E-state index contributed by atoms with van der Waals surface area (Å²) in [5.41, 5.74) is 0. The molecule has 0 aromatic heterocycles. The van der Waals surface area contributed by atoms with E-state index in [1.807, 2.05) is 0 Å². The van der Waals surface area contributed by atoms with E-state index < -0.39 is 0 Å². The van der Waals surface area contributed by atoms with E-state index in [1.165, 1.54) is 0 Å². The van der Waals surface area contributed by atoms with Crippen molar-refractivity contribution in [3.63, 3.8) is 0 Å². The van der Waals surface area contributed by atoms with Gasteiger partial charge in [0.05, 0.1) is 0 Å². The first-order valence-corrected chi connectivity index (χ1v) is 0. The van der Waals surface area contributed by atoms with Gasteiger partial charge in [0.1, 0.15) is 0 Å². The summed E-state index contributed by atoms with van der Waals surface area (Å²) in [6.45, 7) is 0. The molecule has 0 spiro atoms. The van der Waals surface area contributed by atoms with Crippen molar-refractivity contribution in [1.82, 2.24) is 0 Å². The Bertz CT molecular complexity index is 6.85. The molecule has 5 heteroatoms. The summed E-state index contributed by atoms with van der Waals surface area (Å²) in [6.07, 6.45) is 0. The summed E-state index contributed by atoms with van der Waals surface area (Å²) in [4.78, 5) is 0. The molecular formula is FeLaO3-. The van der Waals surface area contributed by atoms with Crippen LogP contribution in [0.25, 0.3) is 0 Å². The van der Waals surface area contributed by atoms with Crippen molar-refractivity contribution in [3.05, 3.63) is 0 Å². The zero-order valence-corrected chi connectivity index (χ0v) is 6.89. The molecule has 0 radical (unpaired) electrons. The van der Waals surface area contributed by atoms with Crippen LogP contribution in [0.3, 0.4) is 0 Å². The molecule has 3 nitrogen and oxygen atoms in total. The Morgan fingerprint density at radius 1 is 0.600 bits per heavy atom. The molecule has 5 heavy (non-hydrogen) atoms. The Balaban J connectivity index is 0. The molecule has 0 heterocycles. The van der Waals surface area contributed by atoms with Crippen LogP contribution >= 0.6 is 0 Å². The smallest absolute Gasteiger partial charge is 2.00 e. The van der Waals surface area contributed by atoms with Gasteiger partial charge in [0.2, 0.25) is 0 Å². The molecule has 0 aliphatic rings. The molecule has 0 N–H and O–H groups in total. The van der Waals surface area contributed by atoms with Crippen molar-refractivity contribution in [2.24, 2.45) is 0 Å². The Hall–Kier alpha value is 1.59. The van der Waals surface area contributed by atoms with Crippen molar-refractivity contribution < 1.29 is 69.1 Å². The van der Waals surface area contributed by atoms with Gasteiger partial charge in [-0.1, -0.05) is 0 Å². The van der Waals surface area contributed by atoms with Gasteiger partial charge in [0.15, 0.2) is 0 Å². The molecule has 0 aromatic rings. The van der Waals surface area contributed by atoms with Crippen LogP contribution in [0.5, 0.6) is 0 Å². The second-order valence-corrected chi connectivity index (χ2v) is 0. The first kappa shape index (κ1) is 81.2. The van der Waals surface area contributed by atoms with Gasteiger partial charge in [0, 0.05) is 0 Å². The normalized spacial score (nSPS) is 0. The predicted molar refractivity (Wildman–Crippen MR) is 2.06 cm³/mol. The zero-order chi connectivity index (χ0) is 0. The minimum atomic E-state index is 0. The molecule has 0 saturated carbocycles. The molecule has 0 bridgehead atoms. The summed E-state index contributed by atoms with van der Waals surface area (Å²) in [5.74, 6) is 0. The Morgan fingerprint density at radius 3 is 0.600 bits per heavy atom. The van der Waals surface area contributed by atoms with E-state index in [-0.39, 0.29) is 69.1 Å². The van der Waals surface area contributed by atoms with E-state index in [4.69, 9.17) is 0 Å². The molecule has 0 aliphatic carbocycles. The van der Waals surface area contributed by atoms with Crippen LogP contribution < -0.4 is 0 Å². The molecule has 0 amide bonds. The number of hydrogen-bond donors (Lipinski definition) is 0. The number of hydrogen-bond acceptors (Lipinski definition) is 0. The third-order valence-electron chi connectivity index (χ3n) is 0. The van der Waals surface area contributed by atoms with Crippen LogP contribution in [0.1, 0.15) is 0 Å². The predicted octanol–water partition coefficient (Wildman–Crippen LogP) is -0.359. The summed E-state index contributed by atoms with van der Waals surface area (Å²) in [6, 6.07) is 0. The molecule has 0 aliphatic heterocycles. The van der Waals surface area contributed by atoms with Gasteiger partial charge in [-0.2, -0.15) is 0 Å². The molecular weight excluding hydrogens is 243 g/mol.